The first kappa shape index (κ1) is 16.1. The van der Waals surface area contributed by atoms with E-state index in [0.29, 0.717) is 12.1 Å². The van der Waals surface area contributed by atoms with Crippen LogP contribution in [-0.2, 0) is 6.54 Å². The lowest BCUT2D eigenvalue weighted by Crippen LogP contribution is -2.33. The first-order chi connectivity index (χ1) is 12.2. The SMILES string of the molecule is CC(C)Nc1n[nH]c2nc(C3CCCCN3Cc3ncc[nH]3)ccc12. The van der Waals surface area contributed by atoms with Crippen LogP contribution in [0.2, 0.25) is 0 Å². The number of nitrogens with one attached hydrogen (secondary N) is 3. The summed E-state index contributed by atoms with van der Waals surface area (Å²) in [6.07, 6.45) is 7.29. The second-order valence-electron chi connectivity index (χ2n) is 7.02. The van der Waals surface area contributed by atoms with Gasteiger partial charge in [0.15, 0.2) is 11.5 Å². The molecule has 0 radical (unpaired) electrons. The molecule has 7 heteroatoms. The average molecular weight is 339 g/mol. The molecule has 7 nitrogen and oxygen atoms in total. The van der Waals surface area contributed by atoms with Crippen LogP contribution >= 0.6 is 0 Å². The lowest BCUT2D eigenvalue weighted by Gasteiger charge is -2.34. The number of hydrogen-bond donors (Lipinski definition) is 3. The molecule has 3 aromatic heterocycles. The van der Waals surface area contributed by atoms with E-state index >= 15 is 0 Å². The Morgan fingerprint density at radius 1 is 1.32 bits per heavy atom. The molecule has 1 fully saturated rings. The molecular formula is C18H25N7. The second-order valence-corrected chi connectivity index (χ2v) is 7.02. The summed E-state index contributed by atoms with van der Waals surface area (Å²) in [5.74, 6) is 1.89. The van der Waals surface area contributed by atoms with Gasteiger partial charge in [0.05, 0.1) is 23.7 Å². The van der Waals surface area contributed by atoms with Crippen molar-refractivity contribution in [2.24, 2.45) is 0 Å². The lowest BCUT2D eigenvalue weighted by atomic mass is 9.98. The van der Waals surface area contributed by atoms with Crippen LogP contribution in [0.15, 0.2) is 24.5 Å². The number of fused-ring (bicyclic) bond motifs is 1. The van der Waals surface area contributed by atoms with Crippen molar-refractivity contribution in [3.05, 3.63) is 36.0 Å². The van der Waals surface area contributed by atoms with Gasteiger partial charge in [-0.05, 0) is 45.4 Å². The van der Waals surface area contributed by atoms with Crippen LogP contribution in [0, 0.1) is 0 Å². The van der Waals surface area contributed by atoms with Crippen LogP contribution in [0.1, 0.15) is 50.7 Å². The van der Waals surface area contributed by atoms with Crippen molar-refractivity contribution in [3.8, 4) is 0 Å². The molecule has 0 saturated carbocycles. The zero-order chi connectivity index (χ0) is 17.2. The summed E-state index contributed by atoms with van der Waals surface area (Å²) in [5, 5.41) is 11.9. The summed E-state index contributed by atoms with van der Waals surface area (Å²) in [6.45, 7) is 6.13. The van der Waals surface area contributed by atoms with Gasteiger partial charge in [0, 0.05) is 18.4 Å². The van der Waals surface area contributed by atoms with Gasteiger partial charge in [-0.1, -0.05) is 6.42 Å². The van der Waals surface area contributed by atoms with Crippen molar-refractivity contribution >= 4 is 16.9 Å². The molecule has 4 rings (SSSR count). The van der Waals surface area contributed by atoms with E-state index in [1.165, 1.54) is 12.8 Å². The predicted octanol–water partition coefficient (Wildman–Crippen LogP) is 3.23. The Kier molecular flexibility index (Phi) is 4.40. The monoisotopic (exact) mass is 339 g/mol. The highest BCUT2D eigenvalue weighted by Crippen LogP contribution is 2.32. The number of imidazole rings is 1. The van der Waals surface area contributed by atoms with Crippen molar-refractivity contribution in [1.29, 1.82) is 0 Å². The molecule has 4 heterocycles. The molecule has 132 valence electrons. The van der Waals surface area contributed by atoms with Crippen LogP contribution in [0.3, 0.4) is 0 Å². The van der Waals surface area contributed by atoms with E-state index in [-0.39, 0.29) is 0 Å². The Balaban J connectivity index is 1.60. The zero-order valence-corrected chi connectivity index (χ0v) is 14.8. The summed E-state index contributed by atoms with van der Waals surface area (Å²) in [6, 6.07) is 4.95. The third kappa shape index (κ3) is 3.37. The molecule has 0 bridgehead atoms. The molecule has 0 spiro atoms. The molecule has 25 heavy (non-hydrogen) atoms. The molecule has 3 N–H and O–H groups in total. The third-order valence-corrected chi connectivity index (χ3v) is 4.73. The highest BCUT2D eigenvalue weighted by Gasteiger charge is 2.26. The maximum atomic E-state index is 4.88. The van der Waals surface area contributed by atoms with Gasteiger partial charge < -0.3 is 10.3 Å². The lowest BCUT2D eigenvalue weighted by molar-refractivity contribution is 0.134. The van der Waals surface area contributed by atoms with Gasteiger partial charge in [-0.15, -0.1) is 0 Å². The molecule has 0 amide bonds. The normalized spacial score (nSPS) is 18.9. The maximum absolute atomic E-state index is 4.88. The number of aromatic nitrogens is 5. The fourth-order valence-corrected chi connectivity index (χ4v) is 3.58. The number of pyridine rings is 1. The number of piperidine rings is 1. The van der Waals surface area contributed by atoms with Crippen LogP contribution in [0.5, 0.6) is 0 Å². The molecule has 0 aliphatic carbocycles. The van der Waals surface area contributed by atoms with Crippen molar-refractivity contribution < 1.29 is 0 Å². The van der Waals surface area contributed by atoms with E-state index in [0.717, 1.165) is 47.9 Å². The number of rotatable bonds is 5. The van der Waals surface area contributed by atoms with Gasteiger partial charge in [0.25, 0.3) is 0 Å². The molecule has 1 saturated heterocycles. The van der Waals surface area contributed by atoms with E-state index in [4.69, 9.17) is 4.98 Å². The number of likely N-dealkylation sites (tertiary alicyclic amines) is 1. The van der Waals surface area contributed by atoms with E-state index in [9.17, 15) is 0 Å². The topological polar surface area (TPSA) is 85.5 Å². The molecule has 1 atom stereocenters. The van der Waals surface area contributed by atoms with Crippen LogP contribution < -0.4 is 5.32 Å². The highest BCUT2D eigenvalue weighted by molar-refractivity contribution is 5.87. The summed E-state index contributed by atoms with van der Waals surface area (Å²) in [7, 11) is 0. The Morgan fingerprint density at radius 3 is 3.04 bits per heavy atom. The fourth-order valence-electron chi connectivity index (χ4n) is 3.58. The van der Waals surface area contributed by atoms with E-state index < -0.39 is 0 Å². The molecular weight excluding hydrogens is 314 g/mol. The standard InChI is InChI=1S/C18H25N7/c1-12(2)21-17-13-6-7-14(22-18(13)24-23-17)15-5-3-4-10-25(15)11-16-19-8-9-20-16/h6-9,12,15H,3-5,10-11H2,1-2H3,(H,19,20)(H2,21,22,23,24). The number of H-pyrrole nitrogens is 2. The predicted molar refractivity (Wildman–Crippen MR) is 98.2 cm³/mol. The first-order valence-corrected chi connectivity index (χ1v) is 9.04. The number of hydrogen-bond acceptors (Lipinski definition) is 5. The number of aromatic amines is 2. The van der Waals surface area contributed by atoms with Crippen LogP contribution in [0.25, 0.3) is 11.0 Å². The molecule has 3 aromatic rings. The zero-order valence-electron chi connectivity index (χ0n) is 14.8. The second kappa shape index (κ2) is 6.84. The van der Waals surface area contributed by atoms with E-state index in [1.54, 1.807) is 0 Å². The minimum absolute atomic E-state index is 0.327. The minimum atomic E-state index is 0.327. The molecule has 1 aliphatic rings. The van der Waals surface area contributed by atoms with Crippen LogP contribution in [0.4, 0.5) is 5.82 Å². The van der Waals surface area contributed by atoms with Gasteiger partial charge in [0.2, 0.25) is 0 Å². The fraction of sp³-hybridized carbons (Fsp3) is 0.500. The van der Waals surface area contributed by atoms with Gasteiger partial charge in [-0.2, -0.15) is 5.10 Å². The van der Waals surface area contributed by atoms with Gasteiger partial charge >= 0.3 is 0 Å². The largest absolute Gasteiger partial charge is 0.366 e. The Labute approximate surface area is 147 Å². The minimum Gasteiger partial charge on any atom is -0.366 e. The summed E-state index contributed by atoms with van der Waals surface area (Å²) in [5.41, 5.74) is 1.96. The van der Waals surface area contributed by atoms with E-state index in [1.807, 2.05) is 12.4 Å². The Hall–Kier alpha value is -2.41. The third-order valence-electron chi connectivity index (χ3n) is 4.73. The Morgan fingerprint density at radius 2 is 2.24 bits per heavy atom. The first-order valence-electron chi connectivity index (χ1n) is 9.04. The van der Waals surface area contributed by atoms with Crippen molar-refractivity contribution in [1.82, 2.24) is 30.0 Å². The molecule has 0 aromatic carbocycles. The average Bonchev–Trinajstić information content (AvgIpc) is 3.25. The van der Waals surface area contributed by atoms with Gasteiger partial charge in [-0.25, -0.2) is 9.97 Å². The smallest absolute Gasteiger partial charge is 0.157 e. The highest BCUT2D eigenvalue weighted by atomic mass is 15.2. The summed E-state index contributed by atoms with van der Waals surface area (Å²) >= 11 is 0. The van der Waals surface area contributed by atoms with Crippen molar-refractivity contribution in [2.45, 2.75) is 51.7 Å². The Bertz CT molecular complexity index is 821. The van der Waals surface area contributed by atoms with Gasteiger partial charge in [-0.3, -0.25) is 10.00 Å². The molecule has 1 unspecified atom stereocenters. The maximum Gasteiger partial charge on any atom is 0.157 e. The number of anilines is 1. The van der Waals surface area contributed by atoms with Crippen molar-refractivity contribution in [3.63, 3.8) is 0 Å². The summed E-state index contributed by atoms with van der Waals surface area (Å²) in [4.78, 5) is 14.9. The number of nitrogens with zero attached hydrogens (tertiary/aromatic N) is 4. The summed E-state index contributed by atoms with van der Waals surface area (Å²) < 4.78 is 0. The van der Waals surface area contributed by atoms with Crippen LogP contribution in [-0.4, -0.2) is 42.6 Å². The van der Waals surface area contributed by atoms with Gasteiger partial charge in [0.1, 0.15) is 5.82 Å². The molecule has 1 aliphatic heterocycles. The van der Waals surface area contributed by atoms with E-state index in [2.05, 4.69) is 56.4 Å². The quantitative estimate of drug-likeness (QED) is 0.664. The van der Waals surface area contributed by atoms with Crippen molar-refractivity contribution in [2.75, 3.05) is 11.9 Å².